The normalized spacial score (nSPS) is 15.1. The summed E-state index contributed by atoms with van der Waals surface area (Å²) in [6.07, 6.45) is 2.45. The summed E-state index contributed by atoms with van der Waals surface area (Å²) in [5, 5.41) is 16.5. The molecule has 2 rings (SSSR count). The fourth-order valence-corrected chi connectivity index (χ4v) is 2.86. The van der Waals surface area contributed by atoms with Crippen LogP contribution in [0.1, 0.15) is 26.2 Å². The summed E-state index contributed by atoms with van der Waals surface area (Å²) in [7, 11) is 0. The lowest BCUT2D eigenvalue weighted by atomic mass is 10.1. The monoisotopic (exact) mass is 378 g/mol. The molecule has 1 aliphatic heterocycles. The summed E-state index contributed by atoms with van der Waals surface area (Å²) in [6, 6.07) is 5.78. The number of piperidine rings is 1. The number of carbonyl (C=O) groups is 2. The second-order valence-electron chi connectivity index (χ2n) is 6.51. The molecule has 1 aromatic rings. The number of non-ortho nitro benzene ring substituents is 1. The van der Waals surface area contributed by atoms with E-state index in [1.165, 1.54) is 18.2 Å². The highest BCUT2D eigenvalue weighted by atomic mass is 16.6. The number of carbonyl (C=O) groups excluding carboxylic acids is 2. The second-order valence-corrected chi connectivity index (χ2v) is 6.51. The van der Waals surface area contributed by atoms with Crippen LogP contribution in [0.3, 0.4) is 0 Å². The molecule has 1 saturated heterocycles. The maximum absolute atomic E-state index is 12.0. The molecule has 0 spiro atoms. The summed E-state index contributed by atoms with van der Waals surface area (Å²) in [5.74, 6) is 0.0533. The first kappa shape index (κ1) is 20.6. The van der Waals surface area contributed by atoms with Crippen molar-refractivity contribution in [1.82, 2.24) is 15.5 Å². The van der Waals surface area contributed by atoms with Crippen LogP contribution in [0.4, 0.5) is 5.69 Å². The average molecular weight is 378 g/mol. The molecule has 0 aliphatic carbocycles. The Labute approximate surface area is 158 Å². The number of nitrogens with zero attached hydrogens (tertiary/aromatic N) is 2. The predicted molar refractivity (Wildman–Crippen MR) is 99.5 cm³/mol. The van der Waals surface area contributed by atoms with Crippen molar-refractivity contribution < 1.29 is 19.2 Å². The van der Waals surface area contributed by atoms with Crippen LogP contribution >= 0.6 is 0 Å². The third-order valence-corrected chi connectivity index (χ3v) is 4.29. The highest BCUT2D eigenvalue weighted by molar-refractivity contribution is 5.78. The first-order valence-electron chi connectivity index (χ1n) is 9.13. The van der Waals surface area contributed by atoms with Crippen LogP contribution in [0.2, 0.25) is 0 Å². The molecule has 2 amide bonds. The SMILES string of the molecule is CCCNC(=O)CN1CCC(NC(=O)COc2cccc([N+](=O)[O-])c2)CC1. The molecule has 0 saturated carbocycles. The van der Waals surface area contributed by atoms with Gasteiger partial charge in [-0.15, -0.1) is 0 Å². The van der Waals surface area contributed by atoms with Gasteiger partial charge in [-0.1, -0.05) is 13.0 Å². The molecule has 1 aliphatic rings. The van der Waals surface area contributed by atoms with Crippen molar-refractivity contribution in [3.63, 3.8) is 0 Å². The Morgan fingerprint density at radius 1 is 1.30 bits per heavy atom. The van der Waals surface area contributed by atoms with E-state index in [4.69, 9.17) is 4.74 Å². The first-order chi connectivity index (χ1) is 13.0. The van der Waals surface area contributed by atoms with E-state index in [-0.39, 0.29) is 35.9 Å². The number of likely N-dealkylation sites (tertiary alicyclic amines) is 1. The first-order valence-corrected chi connectivity index (χ1v) is 9.13. The minimum atomic E-state index is -0.511. The molecule has 0 aromatic heterocycles. The van der Waals surface area contributed by atoms with Gasteiger partial charge in [-0.05, 0) is 25.3 Å². The van der Waals surface area contributed by atoms with Crippen LogP contribution in [0.25, 0.3) is 0 Å². The Morgan fingerprint density at radius 2 is 2.04 bits per heavy atom. The third kappa shape index (κ3) is 7.22. The Balaban J connectivity index is 1.68. The molecule has 1 fully saturated rings. The van der Waals surface area contributed by atoms with Gasteiger partial charge in [0, 0.05) is 31.7 Å². The maximum Gasteiger partial charge on any atom is 0.273 e. The molecule has 9 heteroatoms. The molecular weight excluding hydrogens is 352 g/mol. The van der Waals surface area contributed by atoms with Crippen LogP contribution in [-0.2, 0) is 9.59 Å². The van der Waals surface area contributed by atoms with Crippen molar-refractivity contribution in [2.24, 2.45) is 0 Å². The predicted octanol–water partition coefficient (Wildman–Crippen LogP) is 1.08. The van der Waals surface area contributed by atoms with Crippen LogP contribution in [-0.4, -0.2) is 60.5 Å². The van der Waals surface area contributed by atoms with Gasteiger partial charge in [-0.3, -0.25) is 24.6 Å². The lowest BCUT2D eigenvalue weighted by molar-refractivity contribution is -0.384. The molecule has 0 unspecified atom stereocenters. The highest BCUT2D eigenvalue weighted by Gasteiger charge is 2.22. The molecule has 2 N–H and O–H groups in total. The number of nitro benzene ring substituents is 1. The summed E-state index contributed by atoms with van der Waals surface area (Å²) < 4.78 is 5.33. The van der Waals surface area contributed by atoms with Crippen molar-refractivity contribution in [3.8, 4) is 5.75 Å². The standard InChI is InChI=1S/C18H26N4O5/c1-2-8-19-17(23)12-21-9-6-14(7-10-21)20-18(24)13-27-16-5-3-4-15(11-16)22(25)26/h3-5,11,14H,2,6-10,12-13H2,1H3,(H,19,23)(H,20,24). The lowest BCUT2D eigenvalue weighted by Crippen LogP contribution is -2.48. The highest BCUT2D eigenvalue weighted by Crippen LogP contribution is 2.19. The number of hydrogen-bond donors (Lipinski definition) is 2. The average Bonchev–Trinajstić information content (AvgIpc) is 2.66. The van der Waals surface area contributed by atoms with Crippen LogP contribution in [0.5, 0.6) is 5.75 Å². The van der Waals surface area contributed by atoms with E-state index in [1.54, 1.807) is 6.07 Å². The fraction of sp³-hybridized carbons (Fsp3) is 0.556. The van der Waals surface area contributed by atoms with Gasteiger partial charge in [-0.2, -0.15) is 0 Å². The third-order valence-electron chi connectivity index (χ3n) is 4.29. The van der Waals surface area contributed by atoms with Gasteiger partial charge >= 0.3 is 0 Å². The Bertz CT molecular complexity index is 659. The Hall–Kier alpha value is -2.68. The second kappa shape index (κ2) is 10.5. The van der Waals surface area contributed by atoms with Crippen molar-refractivity contribution in [1.29, 1.82) is 0 Å². The van der Waals surface area contributed by atoms with Gasteiger partial charge in [0.1, 0.15) is 5.75 Å². The van der Waals surface area contributed by atoms with E-state index < -0.39 is 4.92 Å². The smallest absolute Gasteiger partial charge is 0.273 e. The number of nitrogens with one attached hydrogen (secondary N) is 2. The Morgan fingerprint density at radius 3 is 2.70 bits per heavy atom. The number of hydrogen-bond acceptors (Lipinski definition) is 6. The van der Waals surface area contributed by atoms with Gasteiger partial charge < -0.3 is 15.4 Å². The molecule has 1 aromatic carbocycles. The van der Waals surface area contributed by atoms with Gasteiger partial charge in [0.15, 0.2) is 6.61 Å². The zero-order valence-corrected chi connectivity index (χ0v) is 15.5. The van der Waals surface area contributed by atoms with E-state index in [0.29, 0.717) is 13.1 Å². The van der Waals surface area contributed by atoms with Crippen LogP contribution in [0, 0.1) is 10.1 Å². The zero-order chi connectivity index (χ0) is 19.6. The minimum Gasteiger partial charge on any atom is -0.484 e. The number of ether oxygens (including phenoxy) is 1. The molecule has 27 heavy (non-hydrogen) atoms. The minimum absolute atomic E-state index is 0.0321. The van der Waals surface area contributed by atoms with E-state index in [2.05, 4.69) is 15.5 Å². The molecular formula is C18H26N4O5. The number of nitro groups is 1. The van der Waals surface area contributed by atoms with Crippen LogP contribution < -0.4 is 15.4 Å². The molecule has 148 valence electrons. The van der Waals surface area contributed by atoms with E-state index in [0.717, 1.165) is 32.4 Å². The summed E-state index contributed by atoms with van der Waals surface area (Å²) in [6.45, 7) is 4.39. The molecule has 9 nitrogen and oxygen atoms in total. The number of rotatable bonds is 9. The summed E-state index contributed by atoms with van der Waals surface area (Å²) in [4.78, 5) is 36.1. The van der Waals surface area contributed by atoms with Crippen LogP contribution in [0.15, 0.2) is 24.3 Å². The van der Waals surface area contributed by atoms with Gasteiger partial charge in [-0.25, -0.2) is 0 Å². The van der Waals surface area contributed by atoms with Gasteiger partial charge in [0.05, 0.1) is 17.5 Å². The summed E-state index contributed by atoms with van der Waals surface area (Å²) in [5.41, 5.74) is -0.0803. The van der Waals surface area contributed by atoms with E-state index in [9.17, 15) is 19.7 Å². The zero-order valence-electron chi connectivity index (χ0n) is 15.5. The fourth-order valence-electron chi connectivity index (χ4n) is 2.86. The molecule has 0 atom stereocenters. The number of benzene rings is 1. The largest absolute Gasteiger partial charge is 0.484 e. The van der Waals surface area contributed by atoms with E-state index >= 15 is 0 Å². The summed E-state index contributed by atoms with van der Waals surface area (Å²) >= 11 is 0. The van der Waals surface area contributed by atoms with Crippen molar-refractivity contribution in [2.75, 3.05) is 32.8 Å². The molecule has 1 heterocycles. The van der Waals surface area contributed by atoms with Crippen molar-refractivity contribution >= 4 is 17.5 Å². The topological polar surface area (TPSA) is 114 Å². The molecule has 0 radical (unpaired) electrons. The van der Waals surface area contributed by atoms with E-state index in [1.807, 2.05) is 6.92 Å². The van der Waals surface area contributed by atoms with Gasteiger partial charge in [0.25, 0.3) is 11.6 Å². The molecule has 0 bridgehead atoms. The maximum atomic E-state index is 12.0. The lowest BCUT2D eigenvalue weighted by Gasteiger charge is -2.31. The van der Waals surface area contributed by atoms with Gasteiger partial charge in [0.2, 0.25) is 5.91 Å². The Kier molecular flexibility index (Phi) is 8.00. The quantitative estimate of drug-likeness (QED) is 0.491. The van der Waals surface area contributed by atoms with Crippen molar-refractivity contribution in [2.45, 2.75) is 32.2 Å². The van der Waals surface area contributed by atoms with Crippen molar-refractivity contribution in [3.05, 3.63) is 34.4 Å². The number of amides is 2.